The quantitative estimate of drug-likeness (QED) is 0.834. The molecular formula is C11H15BrN2O4S. The van der Waals surface area contributed by atoms with E-state index in [0.29, 0.717) is 10.2 Å². The van der Waals surface area contributed by atoms with Crippen molar-refractivity contribution in [1.82, 2.24) is 4.72 Å². The van der Waals surface area contributed by atoms with Gasteiger partial charge in [0.15, 0.2) is 0 Å². The Labute approximate surface area is 120 Å². The molecule has 0 saturated heterocycles. The second-order valence-electron chi connectivity index (χ2n) is 4.19. The van der Waals surface area contributed by atoms with Crippen LogP contribution in [0.5, 0.6) is 0 Å². The highest BCUT2D eigenvalue weighted by molar-refractivity contribution is 9.10. The van der Waals surface area contributed by atoms with Crippen molar-refractivity contribution in [3.63, 3.8) is 0 Å². The van der Waals surface area contributed by atoms with Crippen LogP contribution in [0, 0.1) is 0 Å². The van der Waals surface area contributed by atoms with Crippen molar-refractivity contribution >= 4 is 37.6 Å². The van der Waals surface area contributed by atoms with E-state index in [-0.39, 0.29) is 4.90 Å². The number of hydrogen-bond acceptors (Lipinski definition) is 4. The summed E-state index contributed by atoms with van der Waals surface area (Å²) in [5, 5.41) is 8.76. The van der Waals surface area contributed by atoms with E-state index in [4.69, 9.17) is 5.11 Å². The van der Waals surface area contributed by atoms with E-state index < -0.39 is 22.0 Å². The average molecular weight is 351 g/mol. The van der Waals surface area contributed by atoms with Crippen molar-refractivity contribution in [1.29, 1.82) is 0 Å². The Kier molecular flexibility index (Phi) is 4.94. The third-order valence-electron chi connectivity index (χ3n) is 2.42. The lowest BCUT2D eigenvalue weighted by Gasteiger charge is -2.16. The van der Waals surface area contributed by atoms with Gasteiger partial charge in [0.05, 0.1) is 4.90 Å². The monoisotopic (exact) mass is 350 g/mol. The molecule has 0 bridgehead atoms. The predicted octanol–water partition coefficient (Wildman–Crippen LogP) is 1.27. The Morgan fingerprint density at radius 3 is 2.47 bits per heavy atom. The molecule has 0 aliphatic rings. The molecule has 8 heteroatoms. The highest BCUT2D eigenvalue weighted by atomic mass is 79.9. The first-order valence-corrected chi connectivity index (χ1v) is 7.65. The number of rotatable bonds is 5. The maximum absolute atomic E-state index is 12.1. The summed E-state index contributed by atoms with van der Waals surface area (Å²) in [5.41, 5.74) is 0.701. The topological polar surface area (TPSA) is 86.7 Å². The van der Waals surface area contributed by atoms with Gasteiger partial charge >= 0.3 is 5.97 Å². The standard InChI is InChI=1S/C11H15BrN2O4S/c1-7(11(15)16)13-19(17,18)10-6-8(14(2)3)4-5-9(10)12/h4-7,13H,1-3H3,(H,15,16)/t7-/m0/s1. The van der Waals surface area contributed by atoms with Crippen LogP contribution in [0.2, 0.25) is 0 Å². The average Bonchev–Trinajstić information content (AvgIpc) is 2.28. The first-order chi connectivity index (χ1) is 8.65. The minimum atomic E-state index is -3.90. The summed E-state index contributed by atoms with van der Waals surface area (Å²) in [4.78, 5) is 12.5. The van der Waals surface area contributed by atoms with Crippen molar-refractivity contribution < 1.29 is 18.3 Å². The molecule has 106 valence electrons. The van der Waals surface area contributed by atoms with Gasteiger partial charge in [-0.05, 0) is 41.1 Å². The molecule has 1 aromatic rings. The fraction of sp³-hybridized carbons (Fsp3) is 0.364. The second kappa shape index (κ2) is 5.89. The van der Waals surface area contributed by atoms with E-state index in [9.17, 15) is 13.2 Å². The van der Waals surface area contributed by atoms with Crippen LogP contribution in [0.1, 0.15) is 6.92 Å². The van der Waals surface area contributed by atoms with E-state index in [1.54, 1.807) is 31.1 Å². The summed E-state index contributed by atoms with van der Waals surface area (Å²) < 4.78 is 26.7. The number of carboxylic acid groups (broad SMARTS) is 1. The summed E-state index contributed by atoms with van der Waals surface area (Å²) in [6, 6.07) is 3.64. The molecule has 0 aliphatic carbocycles. The molecule has 0 aromatic heterocycles. The number of nitrogens with zero attached hydrogens (tertiary/aromatic N) is 1. The van der Waals surface area contributed by atoms with Gasteiger partial charge in [-0.2, -0.15) is 4.72 Å². The van der Waals surface area contributed by atoms with Gasteiger partial charge < -0.3 is 10.0 Å². The molecule has 19 heavy (non-hydrogen) atoms. The maximum Gasteiger partial charge on any atom is 0.321 e. The number of anilines is 1. The van der Waals surface area contributed by atoms with Crippen LogP contribution in [0.25, 0.3) is 0 Å². The maximum atomic E-state index is 12.1. The van der Waals surface area contributed by atoms with Crippen LogP contribution < -0.4 is 9.62 Å². The van der Waals surface area contributed by atoms with Crippen LogP contribution in [-0.2, 0) is 14.8 Å². The molecule has 0 aliphatic heterocycles. The molecule has 2 N–H and O–H groups in total. The van der Waals surface area contributed by atoms with E-state index >= 15 is 0 Å². The number of benzene rings is 1. The van der Waals surface area contributed by atoms with E-state index in [2.05, 4.69) is 20.7 Å². The lowest BCUT2D eigenvalue weighted by atomic mass is 10.3. The molecule has 0 fully saturated rings. The number of halogens is 1. The number of carbonyl (C=O) groups is 1. The number of aliphatic carboxylic acids is 1. The molecule has 0 amide bonds. The van der Waals surface area contributed by atoms with Gasteiger partial charge in [-0.25, -0.2) is 8.42 Å². The zero-order valence-corrected chi connectivity index (χ0v) is 13.1. The lowest BCUT2D eigenvalue weighted by Crippen LogP contribution is -2.38. The molecule has 0 saturated carbocycles. The molecule has 1 atom stereocenters. The third kappa shape index (κ3) is 3.92. The normalized spacial score (nSPS) is 13.1. The Morgan fingerprint density at radius 2 is 2.00 bits per heavy atom. The molecule has 6 nitrogen and oxygen atoms in total. The highest BCUT2D eigenvalue weighted by Crippen LogP contribution is 2.26. The molecular weight excluding hydrogens is 336 g/mol. The number of sulfonamides is 1. The van der Waals surface area contributed by atoms with Crippen LogP contribution in [0.3, 0.4) is 0 Å². The number of hydrogen-bond donors (Lipinski definition) is 2. The third-order valence-corrected chi connectivity index (χ3v) is 4.96. The van der Waals surface area contributed by atoms with Gasteiger partial charge in [0, 0.05) is 24.3 Å². The van der Waals surface area contributed by atoms with Crippen LogP contribution in [0.15, 0.2) is 27.6 Å². The van der Waals surface area contributed by atoms with Gasteiger partial charge in [0.25, 0.3) is 0 Å². The summed E-state index contributed by atoms with van der Waals surface area (Å²) in [7, 11) is -0.326. The Morgan fingerprint density at radius 1 is 1.42 bits per heavy atom. The SMILES string of the molecule is C[C@H](NS(=O)(=O)c1cc(N(C)C)ccc1Br)C(=O)O. The highest BCUT2D eigenvalue weighted by Gasteiger charge is 2.24. The Balaban J connectivity index is 3.21. The fourth-order valence-corrected chi connectivity index (χ4v) is 3.50. The first kappa shape index (κ1) is 15.9. The molecule has 0 spiro atoms. The van der Waals surface area contributed by atoms with E-state index in [0.717, 1.165) is 0 Å². The van der Waals surface area contributed by atoms with Crippen molar-refractivity contribution in [3.05, 3.63) is 22.7 Å². The minimum Gasteiger partial charge on any atom is -0.480 e. The molecule has 0 radical (unpaired) electrons. The summed E-state index contributed by atoms with van der Waals surface area (Å²) >= 11 is 3.16. The predicted molar refractivity (Wildman–Crippen MR) is 75.9 cm³/mol. The van der Waals surface area contributed by atoms with Crippen LogP contribution >= 0.6 is 15.9 Å². The Hall–Kier alpha value is -1.12. The zero-order valence-electron chi connectivity index (χ0n) is 10.7. The molecule has 0 unspecified atom stereocenters. The summed E-state index contributed by atoms with van der Waals surface area (Å²) in [5.74, 6) is -1.23. The van der Waals surface area contributed by atoms with Crippen molar-refractivity contribution in [2.24, 2.45) is 0 Å². The first-order valence-electron chi connectivity index (χ1n) is 5.37. The fourth-order valence-electron chi connectivity index (χ4n) is 1.32. The van der Waals surface area contributed by atoms with E-state index in [1.807, 2.05) is 0 Å². The molecule has 1 aromatic carbocycles. The van der Waals surface area contributed by atoms with E-state index in [1.165, 1.54) is 13.0 Å². The van der Waals surface area contributed by atoms with Crippen molar-refractivity contribution in [3.8, 4) is 0 Å². The minimum absolute atomic E-state index is 0.00630. The van der Waals surface area contributed by atoms with Gasteiger partial charge in [0.2, 0.25) is 10.0 Å². The lowest BCUT2D eigenvalue weighted by molar-refractivity contribution is -0.138. The largest absolute Gasteiger partial charge is 0.480 e. The summed E-state index contributed by atoms with van der Waals surface area (Å²) in [6.45, 7) is 1.27. The number of carboxylic acids is 1. The number of nitrogens with one attached hydrogen (secondary N) is 1. The van der Waals surface area contributed by atoms with Gasteiger partial charge in [-0.15, -0.1) is 0 Å². The van der Waals surface area contributed by atoms with Crippen molar-refractivity contribution in [2.45, 2.75) is 17.9 Å². The van der Waals surface area contributed by atoms with Crippen LogP contribution in [-0.4, -0.2) is 39.6 Å². The van der Waals surface area contributed by atoms with Gasteiger partial charge in [0.1, 0.15) is 6.04 Å². The van der Waals surface area contributed by atoms with Gasteiger partial charge in [-0.3, -0.25) is 4.79 Å². The smallest absolute Gasteiger partial charge is 0.321 e. The van der Waals surface area contributed by atoms with Gasteiger partial charge in [-0.1, -0.05) is 0 Å². The second-order valence-corrected chi connectivity index (χ2v) is 6.73. The van der Waals surface area contributed by atoms with Crippen molar-refractivity contribution in [2.75, 3.05) is 19.0 Å². The Bertz CT molecular complexity index is 586. The summed E-state index contributed by atoms with van der Waals surface area (Å²) in [6.07, 6.45) is 0. The van der Waals surface area contributed by atoms with Crippen LogP contribution in [0.4, 0.5) is 5.69 Å². The molecule has 0 heterocycles. The molecule has 1 rings (SSSR count). The zero-order chi connectivity index (χ0) is 14.8.